The third-order valence-corrected chi connectivity index (χ3v) is 4.64. The lowest BCUT2D eigenvalue weighted by molar-refractivity contribution is -0.114. The monoisotopic (exact) mass is 350 g/mol. The quantitative estimate of drug-likeness (QED) is 0.860. The molecule has 0 bridgehead atoms. The first-order valence-corrected chi connectivity index (χ1v) is 8.81. The summed E-state index contributed by atoms with van der Waals surface area (Å²) in [5.41, 5.74) is 1.89. The minimum atomic E-state index is -0.171. The molecule has 1 aliphatic heterocycles. The fourth-order valence-corrected chi connectivity index (χ4v) is 3.30. The van der Waals surface area contributed by atoms with Crippen molar-refractivity contribution in [2.45, 2.75) is 19.8 Å². The Hall–Kier alpha value is -2.95. The Labute approximate surface area is 153 Å². The van der Waals surface area contributed by atoms with Crippen molar-refractivity contribution in [1.82, 2.24) is 4.90 Å². The number of anilines is 1. The molecule has 3 rings (SSSR count). The predicted molar refractivity (Wildman–Crippen MR) is 100 cm³/mol. The zero-order chi connectivity index (χ0) is 18.5. The molecule has 0 atom stereocenters. The highest BCUT2D eigenvalue weighted by Crippen LogP contribution is 2.23. The summed E-state index contributed by atoms with van der Waals surface area (Å²) >= 11 is 0. The van der Waals surface area contributed by atoms with Crippen LogP contribution in [0.25, 0.3) is 0 Å². The van der Waals surface area contributed by atoms with E-state index in [4.69, 9.17) is 0 Å². The topological polar surface area (TPSA) is 66.5 Å². The SMILES string of the molecule is CC(=O)Nc1cccc(C(=O)N2CCC(C(=O)c3ccccc3)CC2)c1. The number of carbonyl (C=O) groups excluding carboxylic acids is 3. The molecule has 1 heterocycles. The molecule has 5 heteroatoms. The van der Waals surface area contributed by atoms with Crippen LogP contribution in [0.5, 0.6) is 0 Å². The standard InChI is InChI=1S/C21H22N2O3/c1-15(24)22-19-9-5-8-18(14-19)21(26)23-12-10-17(11-13-23)20(25)16-6-3-2-4-7-16/h2-9,14,17H,10-13H2,1H3,(H,22,24). The molecule has 1 aliphatic rings. The number of ketones is 1. The molecule has 2 amide bonds. The number of Topliss-reactive ketones (excluding diaryl/α,β-unsaturated/α-hetero) is 1. The van der Waals surface area contributed by atoms with Crippen molar-refractivity contribution in [2.24, 2.45) is 5.92 Å². The van der Waals surface area contributed by atoms with Gasteiger partial charge in [-0.05, 0) is 31.0 Å². The summed E-state index contributed by atoms with van der Waals surface area (Å²) in [4.78, 5) is 38.2. The van der Waals surface area contributed by atoms with Crippen LogP contribution in [0, 0.1) is 5.92 Å². The maximum Gasteiger partial charge on any atom is 0.253 e. The summed E-state index contributed by atoms with van der Waals surface area (Å²) in [7, 11) is 0. The summed E-state index contributed by atoms with van der Waals surface area (Å²) in [6.07, 6.45) is 1.34. The van der Waals surface area contributed by atoms with E-state index in [1.54, 1.807) is 29.2 Å². The third kappa shape index (κ3) is 4.17. The molecule has 0 aliphatic carbocycles. The summed E-state index contributed by atoms with van der Waals surface area (Å²) in [6, 6.07) is 16.3. The van der Waals surface area contributed by atoms with Crippen molar-refractivity contribution in [3.63, 3.8) is 0 Å². The Kier molecular flexibility index (Phi) is 5.46. The molecule has 2 aromatic carbocycles. The van der Waals surface area contributed by atoms with E-state index < -0.39 is 0 Å². The molecule has 5 nitrogen and oxygen atoms in total. The molecule has 134 valence electrons. The molecule has 0 saturated carbocycles. The van der Waals surface area contributed by atoms with Gasteiger partial charge in [-0.2, -0.15) is 0 Å². The number of likely N-dealkylation sites (tertiary alicyclic amines) is 1. The van der Waals surface area contributed by atoms with Gasteiger partial charge in [0, 0.05) is 42.7 Å². The third-order valence-electron chi connectivity index (χ3n) is 4.64. The van der Waals surface area contributed by atoms with E-state index in [-0.39, 0.29) is 23.5 Å². The van der Waals surface area contributed by atoms with Crippen molar-refractivity contribution < 1.29 is 14.4 Å². The molecular weight excluding hydrogens is 328 g/mol. The normalized spacial score (nSPS) is 14.7. The van der Waals surface area contributed by atoms with Gasteiger partial charge in [0.05, 0.1) is 0 Å². The Bertz CT molecular complexity index is 809. The van der Waals surface area contributed by atoms with Gasteiger partial charge in [0.1, 0.15) is 0 Å². The number of piperidine rings is 1. The highest BCUT2D eigenvalue weighted by atomic mass is 16.2. The highest BCUT2D eigenvalue weighted by molar-refractivity contribution is 5.99. The zero-order valence-electron chi connectivity index (χ0n) is 14.8. The second-order valence-corrected chi connectivity index (χ2v) is 6.56. The van der Waals surface area contributed by atoms with Crippen LogP contribution in [0.15, 0.2) is 54.6 Å². The highest BCUT2D eigenvalue weighted by Gasteiger charge is 2.28. The number of amides is 2. The van der Waals surface area contributed by atoms with Crippen molar-refractivity contribution in [3.05, 3.63) is 65.7 Å². The number of rotatable bonds is 4. The van der Waals surface area contributed by atoms with E-state index in [2.05, 4.69) is 5.32 Å². The van der Waals surface area contributed by atoms with Crippen molar-refractivity contribution in [3.8, 4) is 0 Å². The van der Waals surface area contributed by atoms with E-state index in [9.17, 15) is 14.4 Å². The maximum atomic E-state index is 12.7. The van der Waals surface area contributed by atoms with Gasteiger partial charge in [-0.1, -0.05) is 36.4 Å². The molecule has 0 spiro atoms. The molecule has 0 unspecified atom stereocenters. The average molecular weight is 350 g/mol. The Morgan fingerprint density at radius 1 is 0.923 bits per heavy atom. The smallest absolute Gasteiger partial charge is 0.253 e. The fourth-order valence-electron chi connectivity index (χ4n) is 3.30. The molecule has 0 aromatic heterocycles. The minimum absolute atomic E-state index is 0.0350. The average Bonchev–Trinajstić information content (AvgIpc) is 2.67. The number of nitrogens with one attached hydrogen (secondary N) is 1. The van der Waals surface area contributed by atoms with Crippen LogP contribution in [-0.2, 0) is 4.79 Å². The van der Waals surface area contributed by atoms with Gasteiger partial charge in [-0.3, -0.25) is 14.4 Å². The first kappa shape index (κ1) is 17.9. The van der Waals surface area contributed by atoms with Gasteiger partial charge in [0.15, 0.2) is 5.78 Å². The number of carbonyl (C=O) groups is 3. The molecule has 0 radical (unpaired) electrons. The summed E-state index contributed by atoms with van der Waals surface area (Å²) < 4.78 is 0. The van der Waals surface area contributed by atoms with E-state index in [0.717, 1.165) is 5.56 Å². The van der Waals surface area contributed by atoms with Crippen LogP contribution >= 0.6 is 0 Å². The lowest BCUT2D eigenvalue weighted by Crippen LogP contribution is -2.40. The molecular formula is C21H22N2O3. The van der Waals surface area contributed by atoms with Crippen LogP contribution in [0.3, 0.4) is 0 Å². The van der Waals surface area contributed by atoms with E-state index >= 15 is 0 Å². The van der Waals surface area contributed by atoms with Crippen LogP contribution in [0.4, 0.5) is 5.69 Å². The van der Waals surface area contributed by atoms with Gasteiger partial charge in [0.2, 0.25) is 5.91 Å². The van der Waals surface area contributed by atoms with Crippen molar-refractivity contribution in [1.29, 1.82) is 0 Å². The van der Waals surface area contributed by atoms with E-state index in [1.165, 1.54) is 6.92 Å². The molecule has 1 saturated heterocycles. The largest absolute Gasteiger partial charge is 0.339 e. The molecule has 2 aromatic rings. The number of hydrogen-bond donors (Lipinski definition) is 1. The first-order valence-electron chi connectivity index (χ1n) is 8.81. The molecule has 1 fully saturated rings. The Balaban J connectivity index is 1.62. The predicted octanol–water partition coefficient (Wildman–Crippen LogP) is 3.38. The second kappa shape index (κ2) is 7.95. The molecule has 1 N–H and O–H groups in total. The van der Waals surface area contributed by atoms with E-state index in [0.29, 0.717) is 37.2 Å². The van der Waals surface area contributed by atoms with Gasteiger partial charge in [-0.25, -0.2) is 0 Å². The van der Waals surface area contributed by atoms with Crippen LogP contribution < -0.4 is 5.32 Å². The van der Waals surface area contributed by atoms with Crippen LogP contribution in [0.1, 0.15) is 40.5 Å². The van der Waals surface area contributed by atoms with Crippen LogP contribution in [-0.4, -0.2) is 35.6 Å². The first-order chi connectivity index (χ1) is 12.5. The zero-order valence-corrected chi connectivity index (χ0v) is 14.8. The number of hydrogen-bond acceptors (Lipinski definition) is 3. The summed E-state index contributed by atoms with van der Waals surface area (Å²) in [5, 5.41) is 2.69. The lowest BCUT2D eigenvalue weighted by atomic mass is 9.88. The van der Waals surface area contributed by atoms with Gasteiger partial charge >= 0.3 is 0 Å². The lowest BCUT2D eigenvalue weighted by Gasteiger charge is -2.31. The van der Waals surface area contributed by atoms with Gasteiger partial charge < -0.3 is 10.2 Å². The van der Waals surface area contributed by atoms with E-state index in [1.807, 2.05) is 30.3 Å². The minimum Gasteiger partial charge on any atom is -0.339 e. The van der Waals surface area contributed by atoms with Crippen LogP contribution in [0.2, 0.25) is 0 Å². The number of benzene rings is 2. The Morgan fingerprint density at radius 3 is 2.23 bits per heavy atom. The summed E-state index contributed by atoms with van der Waals surface area (Å²) in [6.45, 7) is 2.56. The van der Waals surface area contributed by atoms with Gasteiger partial charge in [0.25, 0.3) is 5.91 Å². The summed E-state index contributed by atoms with van der Waals surface area (Å²) in [5.74, 6) is -0.116. The second-order valence-electron chi connectivity index (χ2n) is 6.56. The van der Waals surface area contributed by atoms with Gasteiger partial charge in [-0.15, -0.1) is 0 Å². The maximum absolute atomic E-state index is 12.7. The van der Waals surface area contributed by atoms with Crippen molar-refractivity contribution in [2.75, 3.05) is 18.4 Å². The van der Waals surface area contributed by atoms with Crippen molar-refractivity contribution >= 4 is 23.3 Å². The molecule has 26 heavy (non-hydrogen) atoms. The Morgan fingerprint density at radius 2 is 1.58 bits per heavy atom. The number of nitrogens with zero attached hydrogens (tertiary/aromatic N) is 1. The fraction of sp³-hybridized carbons (Fsp3) is 0.286.